The molecule has 2 amide bonds. The number of carbonyl (C=O) groups excluding carboxylic acids is 1. The van der Waals surface area contributed by atoms with Gasteiger partial charge in [-0.1, -0.05) is 0 Å². The van der Waals surface area contributed by atoms with Gasteiger partial charge >= 0.3 is 18.0 Å². The molecule has 0 saturated heterocycles. The number of aromatic nitrogens is 2. The average Bonchev–Trinajstić information content (AvgIpc) is 2.28. The Balaban J connectivity index is 2.69. The SMILES string of the molecule is O=C(O)CN(CC(=O)O)C(=O)Nc1cncnc1. The summed E-state index contributed by atoms with van der Waals surface area (Å²) >= 11 is 0. The maximum Gasteiger partial charge on any atom is 0.323 e. The van der Waals surface area contributed by atoms with Crippen LogP contribution in [0.5, 0.6) is 0 Å². The van der Waals surface area contributed by atoms with Crippen LogP contribution in [0.1, 0.15) is 0 Å². The van der Waals surface area contributed by atoms with Crippen molar-refractivity contribution in [1.82, 2.24) is 14.9 Å². The van der Waals surface area contributed by atoms with E-state index in [-0.39, 0.29) is 5.69 Å². The summed E-state index contributed by atoms with van der Waals surface area (Å²) in [5.74, 6) is -2.62. The predicted molar refractivity (Wildman–Crippen MR) is 57.9 cm³/mol. The van der Waals surface area contributed by atoms with Crippen molar-refractivity contribution >= 4 is 23.7 Å². The van der Waals surface area contributed by atoms with Gasteiger partial charge in [0.15, 0.2) is 0 Å². The average molecular weight is 254 g/mol. The summed E-state index contributed by atoms with van der Waals surface area (Å²) in [6, 6.07) is -0.852. The number of nitrogens with zero attached hydrogens (tertiary/aromatic N) is 3. The van der Waals surface area contributed by atoms with E-state index in [9.17, 15) is 14.4 Å². The number of anilines is 1. The predicted octanol–water partition coefficient (Wildman–Crippen LogP) is -0.520. The fraction of sp³-hybridized carbons (Fsp3) is 0.222. The molecule has 1 rings (SSSR count). The van der Waals surface area contributed by atoms with Crippen molar-refractivity contribution in [2.24, 2.45) is 0 Å². The molecule has 0 aliphatic heterocycles. The highest BCUT2D eigenvalue weighted by molar-refractivity contribution is 5.93. The lowest BCUT2D eigenvalue weighted by Crippen LogP contribution is -2.41. The van der Waals surface area contributed by atoms with Crippen LogP contribution in [-0.2, 0) is 9.59 Å². The van der Waals surface area contributed by atoms with Gasteiger partial charge in [0.1, 0.15) is 19.4 Å². The number of amides is 2. The van der Waals surface area contributed by atoms with Crippen LogP contribution in [-0.4, -0.2) is 56.1 Å². The highest BCUT2D eigenvalue weighted by Crippen LogP contribution is 2.03. The summed E-state index contributed by atoms with van der Waals surface area (Å²) in [6.07, 6.45) is 3.84. The largest absolute Gasteiger partial charge is 0.480 e. The molecule has 0 aromatic carbocycles. The van der Waals surface area contributed by atoms with Crippen molar-refractivity contribution in [3.05, 3.63) is 18.7 Å². The normalized spacial score (nSPS) is 9.56. The van der Waals surface area contributed by atoms with Gasteiger partial charge in [0, 0.05) is 0 Å². The molecule has 3 N–H and O–H groups in total. The van der Waals surface area contributed by atoms with E-state index in [2.05, 4.69) is 15.3 Å². The number of urea groups is 1. The number of aliphatic carboxylic acids is 2. The molecule has 0 atom stereocenters. The highest BCUT2D eigenvalue weighted by atomic mass is 16.4. The van der Waals surface area contributed by atoms with Crippen LogP contribution < -0.4 is 5.32 Å². The molecule has 18 heavy (non-hydrogen) atoms. The Morgan fingerprint density at radius 1 is 1.11 bits per heavy atom. The Morgan fingerprint density at radius 3 is 2.06 bits per heavy atom. The standard InChI is InChI=1S/C9H10N4O5/c14-7(15)3-13(4-8(16)17)9(18)12-6-1-10-5-11-2-6/h1-2,5H,3-4H2,(H,12,18)(H,14,15)(H,16,17). The molecule has 0 aliphatic rings. The van der Waals surface area contributed by atoms with Gasteiger partial charge < -0.3 is 20.4 Å². The number of hydrogen-bond donors (Lipinski definition) is 3. The fourth-order valence-corrected chi connectivity index (χ4v) is 1.09. The molecular formula is C9H10N4O5. The van der Waals surface area contributed by atoms with E-state index in [1.807, 2.05) is 0 Å². The Kier molecular flexibility index (Phi) is 4.55. The van der Waals surface area contributed by atoms with Crippen LogP contribution in [0.4, 0.5) is 10.5 Å². The molecule has 0 radical (unpaired) electrons. The van der Waals surface area contributed by atoms with Crippen LogP contribution in [0, 0.1) is 0 Å². The molecule has 0 saturated carbocycles. The molecule has 0 fully saturated rings. The molecule has 0 spiro atoms. The van der Waals surface area contributed by atoms with E-state index < -0.39 is 31.1 Å². The minimum atomic E-state index is -1.31. The summed E-state index contributed by atoms with van der Waals surface area (Å²) in [5.41, 5.74) is 0.239. The fourth-order valence-electron chi connectivity index (χ4n) is 1.09. The summed E-state index contributed by atoms with van der Waals surface area (Å²) in [4.78, 5) is 40.6. The number of carboxylic acid groups (broad SMARTS) is 2. The Hall–Kier alpha value is -2.71. The first-order valence-electron chi connectivity index (χ1n) is 4.73. The van der Waals surface area contributed by atoms with Gasteiger partial charge in [-0.3, -0.25) is 9.59 Å². The maximum atomic E-state index is 11.6. The summed E-state index contributed by atoms with van der Waals surface area (Å²) in [7, 11) is 0. The van der Waals surface area contributed by atoms with E-state index in [0.29, 0.717) is 4.90 Å². The molecule has 96 valence electrons. The zero-order chi connectivity index (χ0) is 13.5. The Bertz CT molecular complexity index is 434. The monoisotopic (exact) mass is 254 g/mol. The smallest absolute Gasteiger partial charge is 0.323 e. The van der Waals surface area contributed by atoms with Crippen molar-refractivity contribution in [2.45, 2.75) is 0 Å². The lowest BCUT2D eigenvalue weighted by Gasteiger charge is -2.18. The molecule has 0 unspecified atom stereocenters. The number of rotatable bonds is 5. The first-order valence-corrected chi connectivity index (χ1v) is 4.73. The number of nitrogens with one attached hydrogen (secondary N) is 1. The summed E-state index contributed by atoms with van der Waals surface area (Å²) in [6.45, 7) is -1.43. The van der Waals surface area contributed by atoms with E-state index in [4.69, 9.17) is 10.2 Å². The second-order valence-electron chi connectivity index (χ2n) is 3.20. The number of carboxylic acids is 2. The Labute approximate surface area is 101 Å². The third-order valence-corrected chi connectivity index (χ3v) is 1.75. The van der Waals surface area contributed by atoms with Gasteiger partial charge in [-0.15, -0.1) is 0 Å². The van der Waals surface area contributed by atoms with Crippen LogP contribution in [0.25, 0.3) is 0 Å². The van der Waals surface area contributed by atoms with Crippen LogP contribution in [0.2, 0.25) is 0 Å². The van der Waals surface area contributed by atoms with Gasteiger partial charge in [0.2, 0.25) is 0 Å². The van der Waals surface area contributed by atoms with Crippen LogP contribution in [0.3, 0.4) is 0 Å². The molecule has 0 aliphatic carbocycles. The molecule has 9 nitrogen and oxygen atoms in total. The lowest BCUT2D eigenvalue weighted by atomic mass is 10.4. The van der Waals surface area contributed by atoms with Crippen molar-refractivity contribution < 1.29 is 24.6 Å². The van der Waals surface area contributed by atoms with Crippen molar-refractivity contribution in [2.75, 3.05) is 18.4 Å². The topological polar surface area (TPSA) is 133 Å². The Morgan fingerprint density at radius 2 is 1.61 bits per heavy atom. The number of hydrogen-bond acceptors (Lipinski definition) is 5. The van der Waals surface area contributed by atoms with E-state index in [1.165, 1.54) is 18.7 Å². The van der Waals surface area contributed by atoms with E-state index in [0.717, 1.165) is 0 Å². The van der Waals surface area contributed by atoms with Crippen molar-refractivity contribution in [1.29, 1.82) is 0 Å². The minimum absolute atomic E-state index is 0.239. The minimum Gasteiger partial charge on any atom is -0.480 e. The summed E-state index contributed by atoms with van der Waals surface area (Å²) < 4.78 is 0. The van der Waals surface area contributed by atoms with Crippen LogP contribution in [0.15, 0.2) is 18.7 Å². The molecule has 1 aromatic rings. The van der Waals surface area contributed by atoms with E-state index in [1.54, 1.807) is 0 Å². The lowest BCUT2D eigenvalue weighted by molar-refractivity contribution is -0.140. The van der Waals surface area contributed by atoms with Crippen molar-refractivity contribution in [3.63, 3.8) is 0 Å². The highest BCUT2D eigenvalue weighted by Gasteiger charge is 2.19. The zero-order valence-electron chi connectivity index (χ0n) is 9.11. The van der Waals surface area contributed by atoms with Gasteiger partial charge in [-0.2, -0.15) is 0 Å². The molecular weight excluding hydrogens is 244 g/mol. The quantitative estimate of drug-likeness (QED) is 0.643. The van der Waals surface area contributed by atoms with Gasteiger partial charge in [0.05, 0.1) is 18.1 Å². The second kappa shape index (κ2) is 6.13. The first kappa shape index (κ1) is 13.4. The van der Waals surface area contributed by atoms with Gasteiger partial charge in [0.25, 0.3) is 0 Å². The number of carbonyl (C=O) groups is 3. The molecule has 0 bridgehead atoms. The molecule has 1 heterocycles. The van der Waals surface area contributed by atoms with Crippen molar-refractivity contribution in [3.8, 4) is 0 Å². The first-order chi connectivity index (χ1) is 8.49. The second-order valence-corrected chi connectivity index (χ2v) is 3.20. The molecule has 1 aromatic heterocycles. The molecule has 9 heteroatoms. The third kappa shape index (κ3) is 4.43. The van der Waals surface area contributed by atoms with E-state index >= 15 is 0 Å². The van der Waals surface area contributed by atoms with Gasteiger partial charge in [-0.25, -0.2) is 14.8 Å². The van der Waals surface area contributed by atoms with Crippen LogP contribution >= 0.6 is 0 Å². The third-order valence-electron chi connectivity index (χ3n) is 1.75. The maximum absolute atomic E-state index is 11.6. The van der Waals surface area contributed by atoms with Gasteiger partial charge in [-0.05, 0) is 0 Å². The summed E-state index contributed by atoms with van der Waals surface area (Å²) in [5, 5.41) is 19.4. The zero-order valence-corrected chi connectivity index (χ0v) is 9.11.